The standard InChI is InChI=1S/C44H51N7O4/c1-25(2)28(6)42(52)50-18-8-9-37(50)40-45-22-35(47-40)30-12-10-29(11-13-30)31-14-15-33-21-34(17-16-32(33)20-31)36-23-46-41(48-36)38-19-27(5)24-51(38)43(53)39(26(3)4)49-44(54)55-7/h10-17,19-23,25-26,28,37-39H,8-9,18,24H2,1-7H3,(H,45,47)(H,46,48)(H,49,54)/t28-,37-,38-,39-/m0/s1. The number of alkyl carbamates (subject to hydrolysis) is 1. The molecule has 55 heavy (non-hydrogen) atoms. The highest BCUT2D eigenvalue weighted by molar-refractivity contribution is 5.91. The van der Waals surface area contributed by atoms with Gasteiger partial charge in [0.15, 0.2) is 0 Å². The number of carbonyl (C=O) groups excluding carboxylic acids is 3. The lowest BCUT2D eigenvalue weighted by Crippen LogP contribution is -2.51. The first kappa shape index (κ1) is 37.6. The highest BCUT2D eigenvalue weighted by atomic mass is 16.5. The van der Waals surface area contributed by atoms with Gasteiger partial charge in [-0.25, -0.2) is 14.8 Å². The monoisotopic (exact) mass is 741 g/mol. The number of H-pyrrole nitrogens is 2. The lowest BCUT2D eigenvalue weighted by molar-refractivity contribution is -0.137. The third-order valence-electron chi connectivity index (χ3n) is 11.3. The zero-order chi connectivity index (χ0) is 39.0. The average Bonchev–Trinajstić information content (AvgIpc) is 4.02. The molecule has 2 aromatic heterocycles. The van der Waals surface area contributed by atoms with Crippen LogP contribution in [0.4, 0.5) is 4.79 Å². The van der Waals surface area contributed by atoms with Crippen molar-refractivity contribution in [2.24, 2.45) is 17.8 Å². The quantitative estimate of drug-likeness (QED) is 0.123. The van der Waals surface area contributed by atoms with Gasteiger partial charge in [-0.15, -0.1) is 0 Å². The molecule has 0 spiro atoms. The first-order valence-electron chi connectivity index (χ1n) is 19.3. The van der Waals surface area contributed by atoms with Gasteiger partial charge < -0.3 is 29.8 Å². The minimum absolute atomic E-state index is 0.00856. The van der Waals surface area contributed by atoms with Crippen LogP contribution in [0.1, 0.15) is 78.1 Å². The van der Waals surface area contributed by atoms with Crippen molar-refractivity contribution in [2.45, 2.75) is 72.5 Å². The van der Waals surface area contributed by atoms with E-state index in [1.165, 1.54) is 7.11 Å². The van der Waals surface area contributed by atoms with E-state index in [1.807, 2.05) is 51.1 Å². The number of fused-ring (bicyclic) bond motifs is 1. The van der Waals surface area contributed by atoms with E-state index in [-0.39, 0.29) is 35.7 Å². The highest BCUT2D eigenvalue weighted by Crippen LogP contribution is 2.35. The molecule has 2 aliphatic heterocycles. The molecule has 11 nitrogen and oxygen atoms in total. The summed E-state index contributed by atoms with van der Waals surface area (Å²) in [4.78, 5) is 59.0. The molecule has 4 heterocycles. The van der Waals surface area contributed by atoms with Crippen molar-refractivity contribution >= 4 is 28.7 Å². The Labute approximate surface area is 322 Å². The number of hydrogen-bond acceptors (Lipinski definition) is 6. The number of rotatable bonds is 10. The molecule has 7 rings (SSSR count). The number of hydrogen-bond donors (Lipinski definition) is 3. The summed E-state index contributed by atoms with van der Waals surface area (Å²) in [5, 5.41) is 4.92. The van der Waals surface area contributed by atoms with Crippen LogP contribution < -0.4 is 5.32 Å². The fourth-order valence-corrected chi connectivity index (χ4v) is 7.68. The van der Waals surface area contributed by atoms with Crippen molar-refractivity contribution in [1.29, 1.82) is 0 Å². The van der Waals surface area contributed by atoms with E-state index in [0.29, 0.717) is 18.3 Å². The van der Waals surface area contributed by atoms with Crippen LogP contribution in [0.5, 0.6) is 0 Å². The van der Waals surface area contributed by atoms with Crippen molar-refractivity contribution in [3.05, 3.63) is 96.4 Å². The summed E-state index contributed by atoms with van der Waals surface area (Å²) in [6.45, 7) is 13.2. The van der Waals surface area contributed by atoms with Gasteiger partial charge in [-0.1, -0.05) is 94.8 Å². The van der Waals surface area contributed by atoms with Crippen LogP contribution in [0.3, 0.4) is 0 Å². The first-order valence-corrected chi connectivity index (χ1v) is 19.3. The van der Waals surface area contributed by atoms with E-state index >= 15 is 0 Å². The number of methoxy groups -OCH3 is 1. The van der Waals surface area contributed by atoms with Gasteiger partial charge in [-0.2, -0.15) is 0 Å². The number of ether oxygens (including phenoxy) is 1. The Morgan fingerprint density at radius 1 is 0.764 bits per heavy atom. The summed E-state index contributed by atoms with van der Waals surface area (Å²) in [7, 11) is 1.29. The molecule has 5 aromatic rings. The third kappa shape index (κ3) is 7.65. The molecule has 0 unspecified atom stereocenters. The molecule has 2 aliphatic rings. The number of carbonyl (C=O) groups is 3. The Bertz CT molecular complexity index is 2230. The van der Waals surface area contributed by atoms with Crippen LogP contribution in [0.15, 0.2) is 84.7 Å². The van der Waals surface area contributed by atoms with Crippen LogP contribution in [0, 0.1) is 17.8 Å². The summed E-state index contributed by atoms with van der Waals surface area (Å²) >= 11 is 0. The first-order chi connectivity index (χ1) is 26.4. The molecule has 3 aromatic carbocycles. The van der Waals surface area contributed by atoms with Crippen molar-refractivity contribution < 1.29 is 19.1 Å². The SMILES string of the molecule is COC(=O)N[C@H](C(=O)N1CC(C)=C[C@H]1c1ncc(-c2ccc3cc(-c4ccc(-c5cnc([C@@H]6CCCN6C(=O)[C@@H](C)C(C)C)[nH]5)cc4)ccc3c2)[nH]1)C(C)C. The molecular formula is C44H51N7O4. The lowest BCUT2D eigenvalue weighted by atomic mass is 9.96. The third-order valence-corrected chi connectivity index (χ3v) is 11.3. The number of likely N-dealkylation sites (tertiary alicyclic amines) is 1. The maximum Gasteiger partial charge on any atom is 0.407 e. The minimum atomic E-state index is -0.720. The number of aromatic nitrogens is 4. The fraction of sp³-hybridized carbons (Fsp3) is 0.386. The Kier molecular flexibility index (Phi) is 10.6. The molecule has 1 saturated heterocycles. The zero-order valence-electron chi connectivity index (χ0n) is 32.7. The van der Waals surface area contributed by atoms with Crippen LogP contribution in [-0.2, 0) is 14.3 Å². The number of nitrogens with zero attached hydrogens (tertiary/aromatic N) is 4. The van der Waals surface area contributed by atoms with Crippen LogP contribution in [0.2, 0.25) is 0 Å². The highest BCUT2D eigenvalue weighted by Gasteiger charge is 2.37. The summed E-state index contributed by atoms with van der Waals surface area (Å²) in [6.07, 6.45) is 7.00. The normalized spacial score (nSPS) is 18.2. The molecule has 0 aliphatic carbocycles. The number of imidazole rings is 2. The van der Waals surface area contributed by atoms with Crippen LogP contribution in [-0.4, -0.2) is 73.9 Å². The van der Waals surface area contributed by atoms with Crippen molar-refractivity contribution in [2.75, 3.05) is 20.2 Å². The summed E-state index contributed by atoms with van der Waals surface area (Å²) < 4.78 is 4.77. The maximum atomic E-state index is 13.7. The Hall–Kier alpha value is -5.71. The summed E-state index contributed by atoms with van der Waals surface area (Å²) in [5.41, 5.74) is 7.13. The minimum Gasteiger partial charge on any atom is -0.453 e. The van der Waals surface area contributed by atoms with E-state index in [9.17, 15) is 14.4 Å². The lowest BCUT2D eigenvalue weighted by Gasteiger charge is -2.30. The fourth-order valence-electron chi connectivity index (χ4n) is 7.68. The maximum absolute atomic E-state index is 13.7. The summed E-state index contributed by atoms with van der Waals surface area (Å²) in [6, 6.07) is 20.2. The molecular weight excluding hydrogens is 691 g/mol. The van der Waals surface area contributed by atoms with Gasteiger partial charge in [0.2, 0.25) is 11.8 Å². The van der Waals surface area contributed by atoms with Gasteiger partial charge in [0, 0.05) is 24.6 Å². The predicted octanol–water partition coefficient (Wildman–Crippen LogP) is 8.45. The molecule has 0 saturated carbocycles. The summed E-state index contributed by atoms with van der Waals surface area (Å²) in [5.74, 6) is 1.72. The number of aromatic amines is 2. The molecule has 0 radical (unpaired) electrons. The van der Waals surface area contributed by atoms with E-state index in [4.69, 9.17) is 14.7 Å². The largest absolute Gasteiger partial charge is 0.453 e. The van der Waals surface area contributed by atoms with Gasteiger partial charge in [0.25, 0.3) is 0 Å². The van der Waals surface area contributed by atoms with Crippen molar-refractivity contribution in [1.82, 2.24) is 35.1 Å². The second-order valence-corrected chi connectivity index (χ2v) is 15.7. The van der Waals surface area contributed by atoms with Gasteiger partial charge in [0.1, 0.15) is 23.7 Å². The van der Waals surface area contributed by atoms with Crippen LogP contribution >= 0.6 is 0 Å². The number of nitrogens with one attached hydrogen (secondary N) is 3. The van der Waals surface area contributed by atoms with Crippen LogP contribution in [0.25, 0.3) is 44.4 Å². The topological polar surface area (TPSA) is 136 Å². The number of amides is 3. The molecule has 286 valence electrons. The second kappa shape index (κ2) is 15.6. The molecule has 4 atom stereocenters. The molecule has 1 fully saturated rings. The average molecular weight is 742 g/mol. The van der Waals surface area contributed by atoms with E-state index in [0.717, 1.165) is 75.2 Å². The number of benzene rings is 3. The molecule has 3 N–H and O–H groups in total. The Balaban J connectivity index is 1.05. The van der Waals surface area contributed by atoms with E-state index in [1.54, 1.807) is 4.90 Å². The smallest absolute Gasteiger partial charge is 0.407 e. The Morgan fingerprint density at radius 3 is 2.04 bits per heavy atom. The van der Waals surface area contributed by atoms with Gasteiger partial charge in [-0.3, -0.25) is 9.59 Å². The van der Waals surface area contributed by atoms with E-state index in [2.05, 4.69) is 89.8 Å². The Morgan fingerprint density at radius 2 is 1.36 bits per heavy atom. The van der Waals surface area contributed by atoms with Crippen molar-refractivity contribution in [3.8, 4) is 33.6 Å². The second-order valence-electron chi connectivity index (χ2n) is 15.7. The van der Waals surface area contributed by atoms with E-state index < -0.39 is 12.1 Å². The molecule has 0 bridgehead atoms. The van der Waals surface area contributed by atoms with Gasteiger partial charge in [-0.05, 0) is 71.2 Å². The van der Waals surface area contributed by atoms with Gasteiger partial charge in [0.05, 0.1) is 36.9 Å². The van der Waals surface area contributed by atoms with Crippen molar-refractivity contribution in [3.63, 3.8) is 0 Å². The zero-order valence-corrected chi connectivity index (χ0v) is 32.7. The van der Waals surface area contributed by atoms with Gasteiger partial charge >= 0.3 is 6.09 Å². The predicted molar refractivity (Wildman–Crippen MR) is 215 cm³/mol. The molecule has 11 heteroatoms. The molecule has 3 amide bonds.